The van der Waals surface area contributed by atoms with Crippen molar-refractivity contribution in [3.8, 4) is 10.6 Å². The van der Waals surface area contributed by atoms with E-state index in [9.17, 15) is 4.79 Å². The van der Waals surface area contributed by atoms with Gasteiger partial charge in [0.15, 0.2) is 0 Å². The standard InChI is InChI=1S/C16H18ClN3OS/c1-10-14(16(21)20-6-5-11(8-18)9-20)22-15(19-10)12-3-2-4-13(17)7-12/h2-4,7,11H,5-6,8-9,18H2,1H3/t11-/m0/s1. The molecule has 2 aromatic rings. The number of carbonyl (C=O) groups is 1. The van der Waals surface area contributed by atoms with Crippen molar-refractivity contribution in [3.05, 3.63) is 39.9 Å². The summed E-state index contributed by atoms with van der Waals surface area (Å²) in [5.74, 6) is 0.490. The Bertz CT molecular complexity index is 700. The zero-order chi connectivity index (χ0) is 15.7. The molecule has 1 amide bonds. The first-order chi connectivity index (χ1) is 10.6. The van der Waals surface area contributed by atoms with E-state index in [1.165, 1.54) is 11.3 Å². The molecule has 0 unspecified atom stereocenters. The van der Waals surface area contributed by atoms with Gasteiger partial charge in [0, 0.05) is 23.7 Å². The van der Waals surface area contributed by atoms with Gasteiger partial charge in [-0.1, -0.05) is 23.7 Å². The highest BCUT2D eigenvalue weighted by Crippen LogP contribution is 2.31. The molecule has 116 valence electrons. The van der Waals surface area contributed by atoms with E-state index in [1.807, 2.05) is 36.1 Å². The number of rotatable bonds is 3. The molecule has 1 fully saturated rings. The lowest BCUT2D eigenvalue weighted by Crippen LogP contribution is -2.29. The number of nitrogens with two attached hydrogens (primary N) is 1. The Morgan fingerprint density at radius 1 is 1.55 bits per heavy atom. The van der Waals surface area contributed by atoms with E-state index >= 15 is 0 Å². The predicted molar refractivity (Wildman–Crippen MR) is 90.4 cm³/mol. The number of likely N-dealkylation sites (tertiary alicyclic amines) is 1. The van der Waals surface area contributed by atoms with Gasteiger partial charge in [-0.25, -0.2) is 4.98 Å². The Hall–Kier alpha value is -1.43. The van der Waals surface area contributed by atoms with Crippen LogP contribution in [-0.2, 0) is 0 Å². The van der Waals surface area contributed by atoms with Crippen molar-refractivity contribution < 1.29 is 4.79 Å². The third-order valence-corrected chi connectivity index (χ3v) is 5.40. The lowest BCUT2D eigenvalue weighted by atomic mass is 10.1. The van der Waals surface area contributed by atoms with Crippen LogP contribution in [0, 0.1) is 12.8 Å². The van der Waals surface area contributed by atoms with Crippen molar-refractivity contribution in [2.24, 2.45) is 11.7 Å². The number of halogens is 1. The molecule has 22 heavy (non-hydrogen) atoms. The molecule has 2 N–H and O–H groups in total. The van der Waals surface area contributed by atoms with Crippen LogP contribution in [0.1, 0.15) is 21.8 Å². The summed E-state index contributed by atoms with van der Waals surface area (Å²) in [6.07, 6.45) is 0.987. The summed E-state index contributed by atoms with van der Waals surface area (Å²) in [4.78, 5) is 19.8. The Labute approximate surface area is 138 Å². The lowest BCUT2D eigenvalue weighted by molar-refractivity contribution is 0.0791. The molecule has 3 rings (SSSR count). The van der Waals surface area contributed by atoms with Gasteiger partial charge in [-0.15, -0.1) is 11.3 Å². The third-order valence-electron chi connectivity index (χ3n) is 3.97. The maximum absolute atomic E-state index is 12.7. The van der Waals surface area contributed by atoms with Crippen molar-refractivity contribution in [2.75, 3.05) is 19.6 Å². The SMILES string of the molecule is Cc1nc(-c2cccc(Cl)c2)sc1C(=O)N1CC[C@@H](CN)C1. The third kappa shape index (κ3) is 3.02. The first-order valence-corrected chi connectivity index (χ1v) is 8.50. The zero-order valence-electron chi connectivity index (χ0n) is 12.4. The molecule has 4 nitrogen and oxygen atoms in total. The predicted octanol–water partition coefficient (Wildman–Crippen LogP) is 3.19. The lowest BCUT2D eigenvalue weighted by Gasteiger charge is -2.15. The largest absolute Gasteiger partial charge is 0.338 e. The molecular formula is C16H18ClN3OS. The van der Waals surface area contributed by atoms with Crippen LogP contribution >= 0.6 is 22.9 Å². The van der Waals surface area contributed by atoms with E-state index in [4.69, 9.17) is 17.3 Å². The monoisotopic (exact) mass is 335 g/mol. The fourth-order valence-electron chi connectivity index (χ4n) is 2.69. The summed E-state index contributed by atoms with van der Waals surface area (Å²) >= 11 is 7.46. The second kappa shape index (κ2) is 6.36. The quantitative estimate of drug-likeness (QED) is 0.937. The van der Waals surface area contributed by atoms with Crippen molar-refractivity contribution in [1.29, 1.82) is 0 Å². The van der Waals surface area contributed by atoms with E-state index in [0.717, 1.165) is 35.8 Å². The molecule has 6 heteroatoms. The fourth-order valence-corrected chi connectivity index (χ4v) is 3.91. The highest BCUT2D eigenvalue weighted by Gasteiger charge is 2.28. The van der Waals surface area contributed by atoms with Crippen LogP contribution in [-0.4, -0.2) is 35.4 Å². The molecule has 2 heterocycles. The van der Waals surface area contributed by atoms with Crippen LogP contribution in [0.2, 0.25) is 5.02 Å². The van der Waals surface area contributed by atoms with Crippen LogP contribution in [0.15, 0.2) is 24.3 Å². The van der Waals surface area contributed by atoms with Crippen LogP contribution in [0.3, 0.4) is 0 Å². The summed E-state index contributed by atoms with van der Waals surface area (Å²) in [6, 6.07) is 7.55. The van der Waals surface area contributed by atoms with Crippen LogP contribution in [0.5, 0.6) is 0 Å². The number of thiazole rings is 1. The maximum Gasteiger partial charge on any atom is 0.265 e. The van der Waals surface area contributed by atoms with Gasteiger partial charge in [0.1, 0.15) is 9.88 Å². The zero-order valence-corrected chi connectivity index (χ0v) is 14.0. The Morgan fingerprint density at radius 3 is 3.05 bits per heavy atom. The van der Waals surface area contributed by atoms with Gasteiger partial charge < -0.3 is 10.6 Å². The van der Waals surface area contributed by atoms with Crippen LogP contribution < -0.4 is 5.73 Å². The Balaban J connectivity index is 1.85. The van der Waals surface area contributed by atoms with Gasteiger partial charge >= 0.3 is 0 Å². The molecule has 0 bridgehead atoms. The van der Waals surface area contributed by atoms with E-state index < -0.39 is 0 Å². The minimum atomic E-state index is 0.0687. The number of aromatic nitrogens is 1. The van der Waals surface area contributed by atoms with Crippen molar-refractivity contribution in [1.82, 2.24) is 9.88 Å². The van der Waals surface area contributed by atoms with Gasteiger partial charge in [-0.05, 0) is 37.9 Å². The fraction of sp³-hybridized carbons (Fsp3) is 0.375. The van der Waals surface area contributed by atoms with Gasteiger partial charge in [-0.2, -0.15) is 0 Å². The van der Waals surface area contributed by atoms with E-state index in [-0.39, 0.29) is 5.91 Å². The normalized spacial score (nSPS) is 18.0. The summed E-state index contributed by atoms with van der Waals surface area (Å²) < 4.78 is 0. The second-order valence-electron chi connectivity index (χ2n) is 5.59. The van der Waals surface area contributed by atoms with Gasteiger partial charge in [-0.3, -0.25) is 4.79 Å². The number of hydrogen-bond donors (Lipinski definition) is 1. The van der Waals surface area contributed by atoms with Gasteiger partial charge in [0.05, 0.1) is 5.69 Å². The molecule has 1 aromatic carbocycles. The number of amides is 1. The van der Waals surface area contributed by atoms with Crippen LogP contribution in [0.4, 0.5) is 0 Å². The topological polar surface area (TPSA) is 59.2 Å². The molecule has 1 aliphatic heterocycles. The number of hydrogen-bond acceptors (Lipinski definition) is 4. The van der Waals surface area contributed by atoms with Gasteiger partial charge in [0.25, 0.3) is 5.91 Å². The molecule has 1 aliphatic rings. The summed E-state index contributed by atoms with van der Waals surface area (Å²) in [5.41, 5.74) is 7.42. The molecule has 0 radical (unpaired) electrons. The average Bonchev–Trinajstić information content (AvgIpc) is 3.13. The molecule has 0 saturated carbocycles. The van der Waals surface area contributed by atoms with E-state index in [0.29, 0.717) is 22.4 Å². The summed E-state index contributed by atoms with van der Waals surface area (Å²) in [6.45, 7) is 4.05. The first-order valence-electron chi connectivity index (χ1n) is 7.31. The highest BCUT2D eigenvalue weighted by molar-refractivity contribution is 7.17. The molecule has 1 atom stereocenters. The Kier molecular flexibility index (Phi) is 4.47. The van der Waals surface area contributed by atoms with E-state index in [2.05, 4.69) is 4.98 Å². The average molecular weight is 336 g/mol. The molecule has 1 saturated heterocycles. The molecular weight excluding hydrogens is 318 g/mol. The number of benzene rings is 1. The number of nitrogens with zero attached hydrogens (tertiary/aromatic N) is 2. The molecule has 0 aliphatic carbocycles. The maximum atomic E-state index is 12.7. The van der Waals surface area contributed by atoms with Crippen molar-refractivity contribution in [2.45, 2.75) is 13.3 Å². The van der Waals surface area contributed by atoms with E-state index in [1.54, 1.807) is 0 Å². The second-order valence-corrected chi connectivity index (χ2v) is 7.02. The minimum absolute atomic E-state index is 0.0687. The summed E-state index contributed by atoms with van der Waals surface area (Å²) in [5, 5.41) is 1.50. The smallest absolute Gasteiger partial charge is 0.265 e. The van der Waals surface area contributed by atoms with Crippen LogP contribution in [0.25, 0.3) is 10.6 Å². The van der Waals surface area contributed by atoms with Gasteiger partial charge in [0.2, 0.25) is 0 Å². The first kappa shape index (κ1) is 15.5. The minimum Gasteiger partial charge on any atom is -0.338 e. The molecule has 1 aromatic heterocycles. The number of carbonyl (C=O) groups excluding carboxylic acids is 1. The van der Waals surface area contributed by atoms with Crippen molar-refractivity contribution in [3.63, 3.8) is 0 Å². The molecule has 0 spiro atoms. The summed E-state index contributed by atoms with van der Waals surface area (Å²) in [7, 11) is 0. The highest BCUT2D eigenvalue weighted by atomic mass is 35.5. The number of aryl methyl sites for hydroxylation is 1. The van der Waals surface area contributed by atoms with Crippen molar-refractivity contribution >= 4 is 28.8 Å². The Morgan fingerprint density at radius 2 is 2.36 bits per heavy atom.